The SMILES string of the molecule is CCNCCCCc1cc(F)cc(Br)c1. The fourth-order valence-electron chi connectivity index (χ4n) is 1.51. The predicted octanol–water partition coefficient (Wildman–Crippen LogP) is 3.52. The van der Waals surface area contributed by atoms with E-state index in [0.717, 1.165) is 42.4 Å². The number of rotatable bonds is 6. The predicted molar refractivity (Wildman–Crippen MR) is 65.6 cm³/mol. The molecule has 0 aliphatic rings. The van der Waals surface area contributed by atoms with E-state index in [1.807, 2.05) is 6.07 Å². The van der Waals surface area contributed by atoms with E-state index in [1.165, 1.54) is 6.07 Å². The molecule has 1 N–H and O–H groups in total. The summed E-state index contributed by atoms with van der Waals surface area (Å²) in [5.74, 6) is -0.161. The zero-order valence-electron chi connectivity index (χ0n) is 9.02. The van der Waals surface area contributed by atoms with Crippen LogP contribution >= 0.6 is 15.9 Å². The maximum atomic E-state index is 13.0. The highest BCUT2D eigenvalue weighted by molar-refractivity contribution is 9.10. The molecule has 0 radical (unpaired) electrons. The van der Waals surface area contributed by atoms with Gasteiger partial charge in [-0.15, -0.1) is 0 Å². The molecule has 0 unspecified atom stereocenters. The Hall–Kier alpha value is -0.410. The van der Waals surface area contributed by atoms with Crippen LogP contribution in [0.5, 0.6) is 0 Å². The molecule has 0 fully saturated rings. The van der Waals surface area contributed by atoms with Gasteiger partial charge in [0.1, 0.15) is 5.82 Å². The lowest BCUT2D eigenvalue weighted by Gasteiger charge is -2.03. The quantitative estimate of drug-likeness (QED) is 0.783. The van der Waals surface area contributed by atoms with Gasteiger partial charge in [0.15, 0.2) is 0 Å². The van der Waals surface area contributed by atoms with Gasteiger partial charge in [0.25, 0.3) is 0 Å². The molecule has 84 valence electrons. The minimum absolute atomic E-state index is 0.161. The Morgan fingerprint density at radius 2 is 2.07 bits per heavy atom. The molecule has 0 spiro atoms. The number of aryl methyl sites for hydroxylation is 1. The highest BCUT2D eigenvalue weighted by Gasteiger charge is 1.98. The van der Waals surface area contributed by atoms with Crippen molar-refractivity contribution in [1.82, 2.24) is 5.32 Å². The number of halogens is 2. The lowest BCUT2D eigenvalue weighted by molar-refractivity contribution is 0.618. The van der Waals surface area contributed by atoms with Crippen molar-refractivity contribution in [2.75, 3.05) is 13.1 Å². The van der Waals surface area contributed by atoms with Crippen molar-refractivity contribution >= 4 is 15.9 Å². The number of hydrogen-bond acceptors (Lipinski definition) is 1. The zero-order valence-corrected chi connectivity index (χ0v) is 10.6. The van der Waals surface area contributed by atoms with E-state index in [2.05, 4.69) is 28.2 Å². The molecule has 15 heavy (non-hydrogen) atoms. The van der Waals surface area contributed by atoms with Crippen molar-refractivity contribution in [2.45, 2.75) is 26.2 Å². The molecule has 0 bridgehead atoms. The third kappa shape index (κ3) is 5.28. The van der Waals surface area contributed by atoms with Crippen molar-refractivity contribution in [3.05, 3.63) is 34.1 Å². The average Bonchev–Trinajstić information content (AvgIpc) is 2.16. The van der Waals surface area contributed by atoms with Crippen LogP contribution < -0.4 is 5.32 Å². The van der Waals surface area contributed by atoms with Crippen LogP contribution in [0.3, 0.4) is 0 Å². The van der Waals surface area contributed by atoms with Gasteiger partial charge in [-0.1, -0.05) is 22.9 Å². The molecular formula is C12H17BrFN. The summed E-state index contributed by atoms with van der Waals surface area (Å²) >= 11 is 3.29. The Labute approximate surface area is 99.2 Å². The summed E-state index contributed by atoms with van der Waals surface area (Å²) in [5, 5.41) is 3.27. The van der Waals surface area contributed by atoms with E-state index in [-0.39, 0.29) is 5.82 Å². The van der Waals surface area contributed by atoms with Crippen LogP contribution in [0.1, 0.15) is 25.3 Å². The molecular weight excluding hydrogens is 257 g/mol. The van der Waals surface area contributed by atoms with Crippen molar-refractivity contribution in [1.29, 1.82) is 0 Å². The number of unbranched alkanes of at least 4 members (excludes halogenated alkanes) is 1. The topological polar surface area (TPSA) is 12.0 Å². The lowest BCUT2D eigenvalue weighted by atomic mass is 10.1. The zero-order chi connectivity index (χ0) is 11.1. The van der Waals surface area contributed by atoms with Gasteiger partial charge in [-0.2, -0.15) is 0 Å². The second-order valence-corrected chi connectivity index (χ2v) is 4.50. The van der Waals surface area contributed by atoms with Gasteiger partial charge >= 0.3 is 0 Å². The molecule has 1 aromatic carbocycles. The lowest BCUT2D eigenvalue weighted by Crippen LogP contribution is -2.13. The maximum absolute atomic E-state index is 13.0. The minimum atomic E-state index is -0.161. The van der Waals surface area contributed by atoms with E-state index in [0.29, 0.717) is 0 Å². The molecule has 0 saturated heterocycles. The van der Waals surface area contributed by atoms with Crippen LogP contribution in [0, 0.1) is 5.82 Å². The van der Waals surface area contributed by atoms with Gasteiger partial charge in [0.05, 0.1) is 0 Å². The average molecular weight is 274 g/mol. The molecule has 1 aromatic rings. The van der Waals surface area contributed by atoms with Crippen LogP contribution in [0.15, 0.2) is 22.7 Å². The molecule has 0 saturated carbocycles. The third-order valence-electron chi connectivity index (χ3n) is 2.24. The summed E-state index contributed by atoms with van der Waals surface area (Å²) in [5.41, 5.74) is 1.07. The first kappa shape index (κ1) is 12.7. The van der Waals surface area contributed by atoms with E-state index in [1.54, 1.807) is 6.07 Å². The fraction of sp³-hybridized carbons (Fsp3) is 0.500. The van der Waals surface area contributed by atoms with Crippen LogP contribution in [-0.4, -0.2) is 13.1 Å². The monoisotopic (exact) mass is 273 g/mol. The van der Waals surface area contributed by atoms with Gasteiger partial charge in [-0.3, -0.25) is 0 Å². The van der Waals surface area contributed by atoms with Gasteiger partial charge in [0.2, 0.25) is 0 Å². The molecule has 0 aromatic heterocycles. The van der Waals surface area contributed by atoms with Crippen LogP contribution in [0.25, 0.3) is 0 Å². The largest absolute Gasteiger partial charge is 0.317 e. The second-order valence-electron chi connectivity index (χ2n) is 3.59. The smallest absolute Gasteiger partial charge is 0.124 e. The molecule has 0 amide bonds. The number of nitrogens with one attached hydrogen (secondary N) is 1. The molecule has 0 aliphatic heterocycles. The summed E-state index contributed by atoms with van der Waals surface area (Å²) in [4.78, 5) is 0. The highest BCUT2D eigenvalue weighted by atomic mass is 79.9. The van der Waals surface area contributed by atoms with Crippen LogP contribution in [-0.2, 0) is 6.42 Å². The van der Waals surface area contributed by atoms with Crippen molar-refractivity contribution in [3.63, 3.8) is 0 Å². The van der Waals surface area contributed by atoms with Crippen molar-refractivity contribution in [2.24, 2.45) is 0 Å². The van der Waals surface area contributed by atoms with Crippen LogP contribution in [0.4, 0.5) is 4.39 Å². The van der Waals surface area contributed by atoms with E-state index in [4.69, 9.17) is 0 Å². The fourth-order valence-corrected chi connectivity index (χ4v) is 2.02. The van der Waals surface area contributed by atoms with E-state index in [9.17, 15) is 4.39 Å². The molecule has 3 heteroatoms. The van der Waals surface area contributed by atoms with Crippen molar-refractivity contribution in [3.8, 4) is 0 Å². The molecule has 1 nitrogen and oxygen atoms in total. The third-order valence-corrected chi connectivity index (χ3v) is 2.70. The summed E-state index contributed by atoms with van der Waals surface area (Å²) in [6.45, 7) is 4.17. The Kier molecular flexibility index (Phi) is 5.88. The highest BCUT2D eigenvalue weighted by Crippen LogP contribution is 2.16. The normalized spacial score (nSPS) is 10.6. The van der Waals surface area contributed by atoms with Gasteiger partial charge in [-0.05, 0) is 56.1 Å². The second kappa shape index (κ2) is 6.96. The minimum Gasteiger partial charge on any atom is -0.317 e. The summed E-state index contributed by atoms with van der Waals surface area (Å²) in [6, 6.07) is 5.08. The van der Waals surface area contributed by atoms with Gasteiger partial charge in [0, 0.05) is 4.47 Å². The molecule has 1 rings (SSSR count). The van der Waals surface area contributed by atoms with Gasteiger partial charge in [-0.25, -0.2) is 4.39 Å². The first-order valence-corrected chi connectivity index (χ1v) is 6.17. The first-order chi connectivity index (χ1) is 7.22. The number of benzene rings is 1. The maximum Gasteiger partial charge on any atom is 0.124 e. The first-order valence-electron chi connectivity index (χ1n) is 5.38. The van der Waals surface area contributed by atoms with E-state index >= 15 is 0 Å². The number of hydrogen-bond donors (Lipinski definition) is 1. The van der Waals surface area contributed by atoms with Crippen LogP contribution in [0.2, 0.25) is 0 Å². The Bertz CT molecular complexity index is 281. The molecule has 0 atom stereocenters. The summed E-state index contributed by atoms with van der Waals surface area (Å²) in [6.07, 6.45) is 3.19. The summed E-state index contributed by atoms with van der Waals surface area (Å²) < 4.78 is 13.8. The van der Waals surface area contributed by atoms with E-state index < -0.39 is 0 Å². The standard InChI is InChI=1S/C12H17BrFN/c1-2-15-6-4-3-5-10-7-11(13)9-12(14)8-10/h7-9,15H,2-6H2,1H3. The molecule has 0 heterocycles. The van der Waals surface area contributed by atoms with Gasteiger partial charge < -0.3 is 5.32 Å². The Morgan fingerprint density at radius 1 is 1.27 bits per heavy atom. The Balaban J connectivity index is 2.31. The summed E-state index contributed by atoms with van der Waals surface area (Å²) in [7, 11) is 0. The molecule has 0 aliphatic carbocycles. The van der Waals surface area contributed by atoms with Crippen molar-refractivity contribution < 1.29 is 4.39 Å². The Morgan fingerprint density at radius 3 is 2.73 bits per heavy atom.